The second kappa shape index (κ2) is 6.81. The molecule has 0 unspecified atom stereocenters. The van der Waals surface area contributed by atoms with Gasteiger partial charge in [-0.15, -0.1) is 0 Å². The molecule has 0 spiro atoms. The minimum absolute atomic E-state index is 0.134. The fraction of sp³-hybridized carbons (Fsp3) is 0.429. The lowest BCUT2D eigenvalue weighted by molar-refractivity contribution is -0.159. The van der Waals surface area contributed by atoms with E-state index in [0.717, 1.165) is 4.90 Å². The highest BCUT2D eigenvalue weighted by atomic mass is 19.4. The van der Waals surface area contributed by atoms with E-state index in [0.29, 0.717) is 4.90 Å². The summed E-state index contributed by atoms with van der Waals surface area (Å²) in [5.41, 5.74) is -0.365. The molecule has 11 heteroatoms. The molecule has 2 rings (SSSR count). The number of hydrogen-bond acceptors (Lipinski definition) is 3. The van der Waals surface area contributed by atoms with Gasteiger partial charge in [0.1, 0.15) is 6.54 Å². The third-order valence-corrected chi connectivity index (χ3v) is 3.23. The lowest BCUT2D eigenvalue weighted by Crippen LogP contribution is -2.38. The molecular formula is C14H12F6N2O3. The number of halogens is 6. The van der Waals surface area contributed by atoms with E-state index >= 15 is 0 Å². The lowest BCUT2D eigenvalue weighted by Gasteiger charge is -2.25. The molecule has 0 N–H and O–H groups in total. The third-order valence-electron chi connectivity index (χ3n) is 3.23. The van der Waals surface area contributed by atoms with E-state index in [-0.39, 0.29) is 11.4 Å². The molecule has 0 bridgehead atoms. The van der Waals surface area contributed by atoms with Crippen molar-refractivity contribution in [3.8, 4) is 0 Å². The first-order valence-corrected chi connectivity index (χ1v) is 6.95. The van der Waals surface area contributed by atoms with Crippen LogP contribution in [-0.4, -0.2) is 44.0 Å². The molecular weight excluding hydrogens is 358 g/mol. The van der Waals surface area contributed by atoms with E-state index in [1.54, 1.807) is 0 Å². The number of para-hydroxylation sites is 2. The maximum Gasteiger partial charge on any atom is 0.422 e. The van der Waals surface area contributed by atoms with Crippen LogP contribution in [-0.2, 0) is 9.53 Å². The number of fused-ring (bicyclic) bond motifs is 1. The van der Waals surface area contributed by atoms with Gasteiger partial charge in [0, 0.05) is 13.0 Å². The van der Waals surface area contributed by atoms with Gasteiger partial charge in [0.25, 0.3) is 0 Å². The van der Waals surface area contributed by atoms with Crippen molar-refractivity contribution in [2.45, 2.75) is 18.8 Å². The minimum Gasteiger partial charge on any atom is -0.439 e. The van der Waals surface area contributed by atoms with E-state index in [9.17, 15) is 35.9 Å². The summed E-state index contributed by atoms with van der Waals surface area (Å²) in [6.07, 6.45) is -11.3. The predicted octanol–water partition coefficient (Wildman–Crippen LogP) is 3.49. The fourth-order valence-electron chi connectivity index (χ4n) is 2.28. The summed E-state index contributed by atoms with van der Waals surface area (Å²) in [4.78, 5) is 25.1. The first-order valence-electron chi connectivity index (χ1n) is 6.95. The first kappa shape index (κ1) is 18.9. The molecule has 0 saturated carbocycles. The molecule has 1 aliphatic heterocycles. The lowest BCUT2D eigenvalue weighted by atomic mass is 10.2. The van der Waals surface area contributed by atoms with Crippen LogP contribution in [0.15, 0.2) is 24.3 Å². The molecule has 1 aromatic rings. The van der Waals surface area contributed by atoms with Crippen molar-refractivity contribution in [3.05, 3.63) is 24.3 Å². The summed E-state index contributed by atoms with van der Waals surface area (Å²) in [7, 11) is 0. The Morgan fingerprint density at radius 1 is 1.04 bits per heavy atom. The number of amides is 2. The Hall–Kier alpha value is -2.46. The van der Waals surface area contributed by atoms with Gasteiger partial charge < -0.3 is 9.64 Å². The monoisotopic (exact) mass is 370 g/mol. The highest BCUT2D eigenvalue weighted by molar-refractivity contribution is 6.03. The normalized spacial score (nSPS) is 15.7. The van der Waals surface area contributed by atoms with Crippen molar-refractivity contribution >= 4 is 23.4 Å². The van der Waals surface area contributed by atoms with Crippen LogP contribution in [0, 0.1) is 0 Å². The Labute approximate surface area is 137 Å². The van der Waals surface area contributed by atoms with Crippen molar-refractivity contribution < 1.29 is 40.7 Å². The Morgan fingerprint density at radius 2 is 1.64 bits per heavy atom. The standard InChI is InChI=1S/C14H12F6N2O3/c15-13(16,17)7-22-10-4-2-1-3-9(10)21(6-5-11(22)23)12(24)25-8-14(18,19)20/h1-4H,5-8H2. The molecule has 0 fully saturated rings. The number of alkyl halides is 6. The molecule has 0 aliphatic carbocycles. The molecule has 2 amide bonds. The van der Waals surface area contributed by atoms with Crippen LogP contribution < -0.4 is 9.80 Å². The summed E-state index contributed by atoms with van der Waals surface area (Å²) >= 11 is 0. The summed E-state index contributed by atoms with van der Waals surface area (Å²) in [5, 5.41) is 0. The van der Waals surface area contributed by atoms with Gasteiger partial charge in [0.05, 0.1) is 11.4 Å². The molecule has 1 heterocycles. The van der Waals surface area contributed by atoms with E-state index in [1.807, 2.05) is 0 Å². The van der Waals surface area contributed by atoms with Crippen LogP contribution in [0.1, 0.15) is 6.42 Å². The van der Waals surface area contributed by atoms with Crippen LogP contribution in [0.2, 0.25) is 0 Å². The number of hydrogen-bond donors (Lipinski definition) is 0. The van der Waals surface area contributed by atoms with Gasteiger partial charge in [-0.25, -0.2) is 4.79 Å². The number of ether oxygens (including phenoxy) is 1. The number of benzene rings is 1. The van der Waals surface area contributed by atoms with Crippen LogP contribution in [0.4, 0.5) is 42.5 Å². The Bertz CT molecular complexity index is 659. The maximum atomic E-state index is 12.7. The van der Waals surface area contributed by atoms with Gasteiger partial charge in [-0.1, -0.05) is 12.1 Å². The van der Waals surface area contributed by atoms with Gasteiger partial charge in [0.15, 0.2) is 6.61 Å². The second-order valence-corrected chi connectivity index (χ2v) is 5.16. The molecule has 1 aromatic carbocycles. The van der Waals surface area contributed by atoms with Gasteiger partial charge in [0.2, 0.25) is 5.91 Å². The second-order valence-electron chi connectivity index (χ2n) is 5.16. The van der Waals surface area contributed by atoms with Gasteiger partial charge in [-0.2, -0.15) is 26.3 Å². The van der Waals surface area contributed by atoms with Crippen LogP contribution in [0.3, 0.4) is 0 Å². The zero-order valence-electron chi connectivity index (χ0n) is 12.5. The van der Waals surface area contributed by atoms with Crippen LogP contribution >= 0.6 is 0 Å². The van der Waals surface area contributed by atoms with Crippen molar-refractivity contribution in [2.75, 3.05) is 29.5 Å². The number of rotatable bonds is 2. The summed E-state index contributed by atoms with van der Waals surface area (Å²) < 4.78 is 78.9. The highest BCUT2D eigenvalue weighted by Gasteiger charge is 2.38. The van der Waals surface area contributed by atoms with Crippen molar-refractivity contribution in [1.29, 1.82) is 0 Å². The highest BCUT2D eigenvalue weighted by Crippen LogP contribution is 2.35. The first-order chi connectivity index (χ1) is 11.5. The van der Waals surface area contributed by atoms with Gasteiger partial charge in [-0.05, 0) is 12.1 Å². The van der Waals surface area contributed by atoms with Gasteiger partial charge >= 0.3 is 18.4 Å². The quantitative estimate of drug-likeness (QED) is 0.749. The molecule has 0 atom stereocenters. The zero-order valence-corrected chi connectivity index (χ0v) is 12.5. The summed E-state index contributed by atoms with van der Waals surface area (Å²) in [5.74, 6) is -0.907. The largest absolute Gasteiger partial charge is 0.439 e. The topological polar surface area (TPSA) is 49.9 Å². The molecule has 0 radical (unpaired) electrons. The molecule has 25 heavy (non-hydrogen) atoms. The Kier molecular flexibility index (Phi) is 5.14. The average molecular weight is 370 g/mol. The smallest absolute Gasteiger partial charge is 0.422 e. The predicted molar refractivity (Wildman–Crippen MR) is 74.2 cm³/mol. The average Bonchev–Trinajstić information content (AvgIpc) is 2.61. The Morgan fingerprint density at radius 3 is 2.20 bits per heavy atom. The number of anilines is 2. The number of nitrogens with zero attached hydrogens (tertiary/aromatic N) is 2. The third kappa shape index (κ3) is 5.00. The van der Waals surface area contributed by atoms with E-state index in [1.165, 1.54) is 24.3 Å². The van der Waals surface area contributed by atoms with Crippen LogP contribution in [0.5, 0.6) is 0 Å². The molecule has 138 valence electrons. The fourth-order valence-corrected chi connectivity index (χ4v) is 2.28. The van der Waals surface area contributed by atoms with Crippen molar-refractivity contribution in [2.24, 2.45) is 0 Å². The molecule has 0 aromatic heterocycles. The molecule has 1 aliphatic rings. The maximum absolute atomic E-state index is 12.7. The minimum atomic E-state index is -4.75. The number of carbonyl (C=O) groups is 2. The SMILES string of the molecule is O=C1CCN(C(=O)OCC(F)(F)F)c2ccccc2N1CC(F)(F)F. The van der Waals surface area contributed by atoms with E-state index < -0.39 is 50.5 Å². The van der Waals surface area contributed by atoms with Gasteiger partial charge in [-0.3, -0.25) is 9.69 Å². The van der Waals surface area contributed by atoms with Crippen molar-refractivity contribution in [1.82, 2.24) is 0 Å². The van der Waals surface area contributed by atoms with E-state index in [4.69, 9.17) is 0 Å². The van der Waals surface area contributed by atoms with Crippen molar-refractivity contribution in [3.63, 3.8) is 0 Å². The Balaban J connectivity index is 2.33. The van der Waals surface area contributed by atoms with E-state index in [2.05, 4.69) is 4.74 Å². The summed E-state index contributed by atoms with van der Waals surface area (Å²) in [6.45, 7) is -3.82. The van der Waals surface area contributed by atoms with Crippen LogP contribution in [0.25, 0.3) is 0 Å². The molecule has 0 saturated heterocycles. The number of carbonyl (C=O) groups excluding carboxylic acids is 2. The molecule has 5 nitrogen and oxygen atoms in total. The zero-order chi connectivity index (χ0) is 18.8. The summed E-state index contributed by atoms with van der Waals surface area (Å²) in [6, 6.07) is 5.13.